The van der Waals surface area contributed by atoms with Gasteiger partial charge in [0.1, 0.15) is 0 Å². The van der Waals surface area contributed by atoms with Gasteiger partial charge in [0.15, 0.2) is 0 Å². The standard InChI is InChI=1S/C13H20/c1-3-11-7-5-8-12-9-6-10-13(11,12)4-2/h5-7,10-12H,3-4,8-9H2,1-2H3. The number of allylic oxidation sites excluding steroid dienone is 4. The van der Waals surface area contributed by atoms with Gasteiger partial charge in [-0.15, -0.1) is 0 Å². The highest BCUT2D eigenvalue weighted by Gasteiger charge is 2.43. The van der Waals surface area contributed by atoms with E-state index >= 15 is 0 Å². The minimum Gasteiger partial charge on any atom is -0.0879 e. The Kier molecular flexibility index (Phi) is 2.31. The fraction of sp³-hybridized carbons (Fsp3) is 0.692. The van der Waals surface area contributed by atoms with Crippen LogP contribution in [0.2, 0.25) is 0 Å². The monoisotopic (exact) mass is 176 g/mol. The summed E-state index contributed by atoms with van der Waals surface area (Å²) in [6.45, 7) is 4.67. The Morgan fingerprint density at radius 2 is 2.00 bits per heavy atom. The molecular formula is C13H20. The molecule has 2 rings (SSSR count). The zero-order valence-corrected chi connectivity index (χ0v) is 8.79. The van der Waals surface area contributed by atoms with Gasteiger partial charge >= 0.3 is 0 Å². The van der Waals surface area contributed by atoms with Crippen LogP contribution in [-0.2, 0) is 0 Å². The molecule has 0 heterocycles. The highest BCUT2D eigenvalue weighted by molar-refractivity contribution is 5.20. The first-order valence-corrected chi connectivity index (χ1v) is 5.68. The van der Waals surface area contributed by atoms with Gasteiger partial charge in [0.2, 0.25) is 0 Å². The van der Waals surface area contributed by atoms with Crippen molar-refractivity contribution in [1.29, 1.82) is 0 Å². The highest BCUT2D eigenvalue weighted by atomic mass is 14.5. The fourth-order valence-electron chi connectivity index (χ4n) is 3.32. The maximum Gasteiger partial charge on any atom is -0.00241 e. The molecule has 0 spiro atoms. The summed E-state index contributed by atoms with van der Waals surface area (Å²) >= 11 is 0. The van der Waals surface area contributed by atoms with E-state index in [-0.39, 0.29) is 0 Å². The van der Waals surface area contributed by atoms with Crippen LogP contribution >= 0.6 is 0 Å². The van der Waals surface area contributed by atoms with Crippen molar-refractivity contribution in [2.45, 2.75) is 39.5 Å². The molecule has 2 aliphatic carbocycles. The molecule has 0 bridgehead atoms. The van der Waals surface area contributed by atoms with Gasteiger partial charge in [-0.05, 0) is 42.9 Å². The molecule has 0 heteroatoms. The normalized spacial score (nSPS) is 42.3. The highest BCUT2D eigenvalue weighted by Crippen LogP contribution is 2.52. The summed E-state index contributed by atoms with van der Waals surface area (Å²) in [7, 11) is 0. The Bertz CT molecular complexity index is 236. The largest absolute Gasteiger partial charge is 0.0879 e. The van der Waals surface area contributed by atoms with Crippen LogP contribution in [0.15, 0.2) is 24.3 Å². The Morgan fingerprint density at radius 3 is 2.69 bits per heavy atom. The Labute approximate surface area is 81.7 Å². The molecule has 0 aromatic carbocycles. The lowest BCUT2D eigenvalue weighted by Gasteiger charge is -2.42. The van der Waals surface area contributed by atoms with E-state index in [9.17, 15) is 0 Å². The Morgan fingerprint density at radius 1 is 1.23 bits per heavy atom. The van der Waals surface area contributed by atoms with Gasteiger partial charge in [-0.1, -0.05) is 38.2 Å². The smallest absolute Gasteiger partial charge is 0.00241 e. The molecule has 3 atom stereocenters. The summed E-state index contributed by atoms with van der Waals surface area (Å²) in [4.78, 5) is 0. The van der Waals surface area contributed by atoms with Crippen LogP contribution in [0.3, 0.4) is 0 Å². The molecule has 13 heavy (non-hydrogen) atoms. The first-order chi connectivity index (χ1) is 6.33. The maximum absolute atomic E-state index is 2.51. The van der Waals surface area contributed by atoms with Crippen molar-refractivity contribution in [2.75, 3.05) is 0 Å². The third-order valence-corrected chi connectivity index (χ3v) is 4.14. The van der Waals surface area contributed by atoms with Gasteiger partial charge in [-0.25, -0.2) is 0 Å². The van der Waals surface area contributed by atoms with Crippen molar-refractivity contribution in [3.05, 3.63) is 24.3 Å². The first-order valence-electron chi connectivity index (χ1n) is 5.68. The molecule has 0 aromatic rings. The van der Waals surface area contributed by atoms with Crippen molar-refractivity contribution in [3.63, 3.8) is 0 Å². The number of hydrogen-bond acceptors (Lipinski definition) is 0. The van der Waals surface area contributed by atoms with Crippen molar-refractivity contribution in [2.24, 2.45) is 17.3 Å². The predicted molar refractivity (Wildman–Crippen MR) is 57.5 cm³/mol. The molecule has 0 saturated carbocycles. The zero-order chi connectivity index (χ0) is 9.31. The lowest BCUT2D eigenvalue weighted by molar-refractivity contribution is 0.155. The number of rotatable bonds is 2. The van der Waals surface area contributed by atoms with Gasteiger partial charge in [0.05, 0.1) is 0 Å². The van der Waals surface area contributed by atoms with E-state index in [2.05, 4.69) is 38.2 Å². The van der Waals surface area contributed by atoms with E-state index in [1.165, 1.54) is 25.7 Å². The number of hydrogen-bond donors (Lipinski definition) is 0. The van der Waals surface area contributed by atoms with Crippen LogP contribution in [0.1, 0.15) is 39.5 Å². The van der Waals surface area contributed by atoms with Crippen molar-refractivity contribution < 1.29 is 0 Å². The van der Waals surface area contributed by atoms with Crippen molar-refractivity contribution in [1.82, 2.24) is 0 Å². The molecule has 0 N–H and O–H groups in total. The second-order valence-electron chi connectivity index (χ2n) is 4.48. The average Bonchev–Trinajstić information content (AvgIpc) is 2.60. The van der Waals surface area contributed by atoms with E-state index in [1.807, 2.05) is 0 Å². The van der Waals surface area contributed by atoms with Crippen LogP contribution in [0.5, 0.6) is 0 Å². The van der Waals surface area contributed by atoms with E-state index in [0.717, 1.165) is 11.8 Å². The van der Waals surface area contributed by atoms with Crippen LogP contribution in [0, 0.1) is 17.3 Å². The minimum absolute atomic E-state index is 0.531. The van der Waals surface area contributed by atoms with Crippen molar-refractivity contribution in [3.8, 4) is 0 Å². The zero-order valence-electron chi connectivity index (χ0n) is 8.79. The molecule has 3 unspecified atom stereocenters. The molecule has 0 nitrogen and oxygen atoms in total. The SMILES string of the molecule is CCC1C=CCC2CC=CC12CC. The van der Waals surface area contributed by atoms with Gasteiger partial charge < -0.3 is 0 Å². The summed E-state index contributed by atoms with van der Waals surface area (Å²) in [5.74, 6) is 1.71. The molecule has 0 amide bonds. The van der Waals surface area contributed by atoms with Crippen LogP contribution in [0.25, 0.3) is 0 Å². The van der Waals surface area contributed by atoms with Gasteiger partial charge in [-0.3, -0.25) is 0 Å². The lowest BCUT2D eigenvalue weighted by Crippen LogP contribution is -2.34. The van der Waals surface area contributed by atoms with Gasteiger partial charge in [0, 0.05) is 0 Å². The van der Waals surface area contributed by atoms with Crippen molar-refractivity contribution >= 4 is 0 Å². The van der Waals surface area contributed by atoms with E-state index in [1.54, 1.807) is 0 Å². The fourth-order valence-corrected chi connectivity index (χ4v) is 3.32. The third kappa shape index (κ3) is 1.19. The molecule has 72 valence electrons. The Hall–Kier alpha value is -0.520. The summed E-state index contributed by atoms with van der Waals surface area (Å²) < 4.78 is 0. The molecule has 0 radical (unpaired) electrons. The van der Waals surface area contributed by atoms with Crippen LogP contribution < -0.4 is 0 Å². The quantitative estimate of drug-likeness (QED) is 0.559. The second kappa shape index (κ2) is 3.32. The second-order valence-corrected chi connectivity index (χ2v) is 4.48. The molecule has 2 aliphatic rings. The van der Waals surface area contributed by atoms with Gasteiger partial charge in [-0.2, -0.15) is 0 Å². The van der Waals surface area contributed by atoms with E-state index < -0.39 is 0 Å². The predicted octanol–water partition coefficient (Wildman–Crippen LogP) is 3.95. The lowest BCUT2D eigenvalue weighted by atomic mass is 9.62. The van der Waals surface area contributed by atoms with Gasteiger partial charge in [0.25, 0.3) is 0 Å². The molecular weight excluding hydrogens is 156 g/mol. The summed E-state index contributed by atoms with van der Waals surface area (Å²) in [5, 5.41) is 0. The summed E-state index contributed by atoms with van der Waals surface area (Å²) in [6.07, 6.45) is 15.0. The number of fused-ring (bicyclic) bond motifs is 1. The van der Waals surface area contributed by atoms with Crippen LogP contribution in [0.4, 0.5) is 0 Å². The molecule has 0 saturated heterocycles. The third-order valence-electron chi connectivity index (χ3n) is 4.14. The Balaban J connectivity index is 2.32. The molecule has 0 aromatic heterocycles. The summed E-state index contributed by atoms with van der Waals surface area (Å²) in [6, 6.07) is 0. The average molecular weight is 176 g/mol. The molecule has 0 fully saturated rings. The molecule has 0 aliphatic heterocycles. The first kappa shape index (κ1) is 9.05. The van der Waals surface area contributed by atoms with E-state index in [0.29, 0.717) is 5.41 Å². The van der Waals surface area contributed by atoms with Crippen LogP contribution in [-0.4, -0.2) is 0 Å². The minimum atomic E-state index is 0.531. The van der Waals surface area contributed by atoms with E-state index in [4.69, 9.17) is 0 Å². The topological polar surface area (TPSA) is 0 Å². The maximum atomic E-state index is 2.51. The summed E-state index contributed by atoms with van der Waals surface area (Å²) in [5.41, 5.74) is 0.531.